The lowest BCUT2D eigenvalue weighted by atomic mass is 10.3. The molecule has 0 aliphatic carbocycles. The predicted octanol–water partition coefficient (Wildman–Crippen LogP) is 1.63. The molecule has 6 nitrogen and oxygen atoms in total. The topological polar surface area (TPSA) is 86.1 Å². The molecule has 0 aromatic carbocycles. The molecule has 0 fully saturated rings. The van der Waals surface area contributed by atoms with Crippen molar-refractivity contribution in [3.8, 4) is 0 Å². The zero-order valence-corrected chi connectivity index (χ0v) is 11.4. The molecular weight excluding hydrogens is 244 g/mol. The molecule has 0 spiro atoms. The smallest absolute Gasteiger partial charge is 0.268 e. The van der Waals surface area contributed by atoms with Gasteiger partial charge in [0.2, 0.25) is 5.89 Å². The van der Waals surface area contributed by atoms with E-state index < -0.39 is 0 Å². The van der Waals surface area contributed by atoms with Crippen LogP contribution < -0.4 is 11.1 Å². The Morgan fingerprint density at radius 1 is 1.53 bits per heavy atom. The van der Waals surface area contributed by atoms with Crippen LogP contribution in [0.4, 0.5) is 5.69 Å². The summed E-state index contributed by atoms with van der Waals surface area (Å²) in [5.74, 6) is 1.09. The summed E-state index contributed by atoms with van der Waals surface area (Å²) in [7, 11) is 0. The zero-order valence-electron chi connectivity index (χ0n) is 11.4. The van der Waals surface area contributed by atoms with Crippen LogP contribution in [0, 0.1) is 13.8 Å². The van der Waals surface area contributed by atoms with E-state index in [1.54, 1.807) is 16.8 Å². The highest BCUT2D eigenvalue weighted by molar-refractivity contribution is 5.93. The molecule has 2 rings (SSSR count). The number of carbonyl (C=O) groups is 1. The average molecular weight is 262 g/mol. The Balaban J connectivity index is 2.05. The molecule has 19 heavy (non-hydrogen) atoms. The highest BCUT2D eigenvalue weighted by Crippen LogP contribution is 2.11. The number of anilines is 1. The summed E-state index contributed by atoms with van der Waals surface area (Å²) in [5, 5.41) is 2.77. The largest absolute Gasteiger partial charge is 0.444 e. The molecule has 0 saturated carbocycles. The summed E-state index contributed by atoms with van der Waals surface area (Å²) >= 11 is 0. The number of carbonyl (C=O) groups excluding carboxylic acids is 1. The van der Waals surface area contributed by atoms with E-state index in [4.69, 9.17) is 10.2 Å². The molecule has 0 aliphatic heterocycles. The fraction of sp³-hybridized carbons (Fsp3) is 0.385. The van der Waals surface area contributed by atoms with Gasteiger partial charge in [0.25, 0.3) is 5.91 Å². The second-order valence-electron chi connectivity index (χ2n) is 4.38. The number of amides is 1. The van der Waals surface area contributed by atoms with Crippen molar-refractivity contribution in [3.05, 3.63) is 35.3 Å². The lowest BCUT2D eigenvalue weighted by molar-refractivity contribution is 0.0938. The Labute approximate surface area is 111 Å². The average Bonchev–Trinajstić information content (AvgIpc) is 2.90. The minimum absolute atomic E-state index is 0.188. The van der Waals surface area contributed by atoms with Crippen LogP contribution in [0.5, 0.6) is 0 Å². The van der Waals surface area contributed by atoms with Gasteiger partial charge in [0, 0.05) is 12.7 Å². The minimum Gasteiger partial charge on any atom is -0.444 e. The summed E-state index contributed by atoms with van der Waals surface area (Å²) in [4.78, 5) is 16.3. The number of hydrogen-bond acceptors (Lipinski definition) is 4. The van der Waals surface area contributed by atoms with Crippen molar-refractivity contribution >= 4 is 11.6 Å². The standard InChI is InChI=1S/C13H18N4O2/c1-4-17-7-10(14)5-11(17)13(18)15-6-12-16-8(2)9(3)19-12/h5,7H,4,6,14H2,1-3H3,(H,15,18). The van der Waals surface area contributed by atoms with Gasteiger partial charge in [0.15, 0.2) is 0 Å². The van der Waals surface area contributed by atoms with Crippen LogP contribution in [0.3, 0.4) is 0 Å². The van der Waals surface area contributed by atoms with E-state index >= 15 is 0 Å². The highest BCUT2D eigenvalue weighted by Gasteiger charge is 2.13. The second-order valence-corrected chi connectivity index (χ2v) is 4.38. The molecule has 1 amide bonds. The summed E-state index contributed by atoms with van der Waals surface area (Å²) in [6, 6.07) is 1.66. The number of oxazole rings is 1. The van der Waals surface area contributed by atoms with Gasteiger partial charge in [-0.15, -0.1) is 0 Å². The number of hydrogen-bond donors (Lipinski definition) is 2. The monoisotopic (exact) mass is 262 g/mol. The van der Waals surface area contributed by atoms with Gasteiger partial charge < -0.3 is 20.0 Å². The van der Waals surface area contributed by atoms with E-state index in [0.717, 1.165) is 11.5 Å². The molecule has 0 atom stereocenters. The zero-order chi connectivity index (χ0) is 14.0. The van der Waals surface area contributed by atoms with Gasteiger partial charge >= 0.3 is 0 Å². The van der Waals surface area contributed by atoms with Gasteiger partial charge in [0.1, 0.15) is 11.5 Å². The molecular formula is C13H18N4O2. The molecule has 102 valence electrons. The fourth-order valence-electron chi connectivity index (χ4n) is 1.85. The van der Waals surface area contributed by atoms with E-state index in [1.165, 1.54) is 0 Å². The number of nitrogens with two attached hydrogens (primary N) is 1. The van der Waals surface area contributed by atoms with Crippen molar-refractivity contribution in [2.24, 2.45) is 0 Å². The van der Waals surface area contributed by atoms with Crippen molar-refractivity contribution < 1.29 is 9.21 Å². The normalized spacial score (nSPS) is 10.7. The molecule has 0 saturated heterocycles. The Hall–Kier alpha value is -2.24. The Bertz CT molecular complexity index is 578. The van der Waals surface area contributed by atoms with Crippen LogP contribution in [-0.4, -0.2) is 15.5 Å². The number of rotatable bonds is 4. The Morgan fingerprint density at radius 3 is 2.84 bits per heavy atom. The molecule has 6 heteroatoms. The van der Waals surface area contributed by atoms with Crippen molar-refractivity contribution in [3.63, 3.8) is 0 Å². The van der Waals surface area contributed by atoms with E-state index in [1.807, 2.05) is 20.8 Å². The van der Waals surface area contributed by atoms with Gasteiger partial charge in [-0.05, 0) is 26.8 Å². The quantitative estimate of drug-likeness (QED) is 0.876. The molecule has 2 aromatic heterocycles. The second kappa shape index (κ2) is 5.17. The van der Waals surface area contributed by atoms with Crippen molar-refractivity contribution in [1.29, 1.82) is 0 Å². The first kappa shape index (κ1) is 13.2. The molecule has 2 aromatic rings. The third-order valence-corrected chi connectivity index (χ3v) is 2.96. The van der Waals surface area contributed by atoms with Crippen molar-refractivity contribution in [2.75, 3.05) is 5.73 Å². The summed E-state index contributed by atoms with van der Waals surface area (Å²) in [6.45, 7) is 6.63. The Kier molecular flexibility index (Phi) is 3.59. The highest BCUT2D eigenvalue weighted by atomic mass is 16.4. The van der Waals surface area contributed by atoms with Gasteiger partial charge in [-0.25, -0.2) is 4.98 Å². The maximum absolute atomic E-state index is 12.0. The van der Waals surface area contributed by atoms with Crippen LogP contribution in [0.15, 0.2) is 16.7 Å². The van der Waals surface area contributed by atoms with Gasteiger partial charge in [0.05, 0.1) is 17.9 Å². The molecule has 3 N–H and O–H groups in total. The van der Waals surface area contributed by atoms with Crippen LogP contribution >= 0.6 is 0 Å². The Morgan fingerprint density at radius 2 is 2.26 bits per heavy atom. The van der Waals surface area contributed by atoms with Crippen LogP contribution in [0.1, 0.15) is 34.8 Å². The number of aryl methyl sites for hydroxylation is 3. The summed E-state index contributed by atoms with van der Waals surface area (Å²) in [5.41, 5.74) is 7.65. The first-order valence-corrected chi connectivity index (χ1v) is 6.18. The van der Waals surface area contributed by atoms with Crippen molar-refractivity contribution in [1.82, 2.24) is 14.9 Å². The predicted molar refractivity (Wildman–Crippen MR) is 71.7 cm³/mol. The van der Waals surface area contributed by atoms with E-state index in [-0.39, 0.29) is 12.5 Å². The van der Waals surface area contributed by atoms with Crippen molar-refractivity contribution in [2.45, 2.75) is 33.9 Å². The van der Waals surface area contributed by atoms with E-state index in [9.17, 15) is 4.79 Å². The number of nitrogens with one attached hydrogen (secondary N) is 1. The lowest BCUT2D eigenvalue weighted by Gasteiger charge is -2.05. The minimum atomic E-state index is -0.188. The summed E-state index contributed by atoms with van der Waals surface area (Å²) in [6.07, 6.45) is 1.74. The van der Waals surface area contributed by atoms with Crippen LogP contribution in [0.25, 0.3) is 0 Å². The van der Waals surface area contributed by atoms with Gasteiger partial charge in [-0.3, -0.25) is 4.79 Å². The molecule has 0 bridgehead atoms. The molecule has 0 aliphatic rings. The first-order chi connectivity index (χ1) is 9.01. The third kappa shape index (κ3) is 2.78. The molecule has 0 unspecified atom stereocenters. The summed E-state index contributed by atoms with van der Waals surface area (Å²) < 4.78 is 7.21. The number of nitrogens with zero attached hydrogens (tertiary/aromatic N) is 2. The number of nitrogen functional groups attached to an aromatic ring is 1. The van der Waals surface area contributed by atoms with Crippen LogP contribution in [-0.2, 0) is 13.1 Å². The third-order valence-electron chi connectivity index (χ3n) is 2.96. The molecule has 0 radical (unpaired) electrons. The first-order valence-electron chi connectivity index (χ1n) is 6.18. The SMILES string of the molecule is CCn1cc(N)cc1C(=O)NCc1nc(C)c(C)o1. The van der Waals surface area contributed by atoms with Crippen LogP contribution in [0.2, 0.25) is 0 Å². The van der Waals surface area contributed by atoms with Gasteiger partial charge in [-0.2, -0.15) is 0 Å². The van der Waals surface area contributed by atoms with E-state index in [2.05, 4.69) is 10.3 Å². The van der Waals surface area contributed by atoms with E-state index in [0.29, 0.717) is 23.8 Å². The van der Waals surface area contributed by atoms with Gasteiger partial charge in [-0.1, -0.05) is 0 Å². The molecule has 2 heterocycles. The lowest BCUT2D eigenvalue weighted by Crippen LogP contribution is -2.25. The maximum atomic E-state index is 12.0. The fourth-order valence-corrected chi connectivity index (χ4v) is 1.85. The number of aromatic nitrogens is 2. The maximum Gasteiger partial charge on any atom is 0.268 e.